The van der Waals surface area contributed by atoms with E-state index in [4.69, 9.17) is 19.2 Å². The SMILES string of the molecule is O=C(CCCN1C[C@H](CCc2ccc3c(n2)NCCC3)[C@@H](c2cc(-c3ccn[nH]3)cc(N3CCOCC3)c2)C1)OCCN1CCOCC1. The van der Waals surface area contributed by atoms with Crippen LogP contribution in [0.15, 0.2) is 42.6 Å². The molecule has 4 aliphatic rings. The molecule has 3 fully saturated rings. The molecule has 1 aromatic carbocycles. The predicted octanol–water partition coefficient (Wildman–Crippen LogP) is 3.97. The summed E-state index contributed by atoms with van der Waals surface area (Å²) in [5.74, 6) is 1.84. The molecule has 0 saturated carbocycles. The number of H-pyrrole nitrogens is 1. The first kappa shape index (κ1) is 33.0. The number of morpholine rings is 2. The summed E-state index contributed by atoms with van der Waals surface area (Å²) < 4.78 is 16.7. The van der Waals surface area contributed by atoms with Crippen molar-refractivity contribution in [1.82, 2.24) is 25.0 Å². The Balaban J connectivity index is 1.04. The van der Waals surface area contributed by atoms with E-state index in [-0.39, 0.29) is 5.97 Å². The molecule has 0 radical (unpaired) electrons. The van der Waals surface area contributed by atoms with Crippen LogP contribution in [0.2, 0.25) is 0 Å². The number of nitrogens with one attached hydrogen (secondary N) is 2. The molecule has 258 valence electrons. The van der Waals surface area contributed by atoms with Crippen LogP contribution in [0.3, 0.4) is 0 Å². The van der Waals surface area contributed by atoms with Crippen LogP contribution in [0.25, 0.3) is 11.3 Å². The second-order valence-corrected chi connectivity index (χ2v) is 13.7. The fourth-order valence-electron chi connectivity index (χ4n) is 7.71. The van der Waals surface area contributed by atoms with Gasteiger partial charge in [-0.2, -0.15) is 5.10 Å². The number of benzene rings is 1. The molecule has 11 nitrogen and oxygen atoms in total. The van der Waals surface area contributed by atoms with Crippen LogP contribution in [0, 0.1) is 5.92 Å². The Bertz CT molecular complexity index is 1470. The summed E-state index contributed by atoms with van der Waals surface area (Å²) in [5, 5.41) is 11.0. The fourth-order valence-corrected chi connectivity index (χ4v) is 7.71. The molecule has 0 aliphatic carbocycles. The molecule has 2 aromatic heterocycles. The van der Waals surface area contributed by atoms with Crippen LogP contribution in [0.1, 0.15) is 48.4 Å². The first-order valence-corrected chi connectivity index (χ1v) is 18.1. The van der Waals surface area contributed by atoms with E-state index in [9.17, 15) is 4.79 Å². The quantitative estimate of drug-likeness (QED) is 0.262. The van der Waals surface area contributed by atoms with Crippen molar-refractivity contribution in [2.45, 2.75) is 44.4 Å². The van der Waals surface area contributed by atoms with Gasteiger partial charge in [-0.3, -0.25) is 14.8 Å². The Kier molecular flexibility index (Phi) is 11.2. The number of likely N-dealkylation sites (tertiary alicyclic amines) is 1. The molecule has 2 N–H and O–H groups in total. The van der Waals surface area contributed by atoms with Crippen molar-refractivity contribution in [1.29, 1.82) is 0 Å². The van der Waals surface area contributed by atoms with Crippen LogP contribution in [-0.4, -0.2) is 123 Å². The van der Waals surface area contributed by atoms with Gasteiger partial charge in [-0.1, -0.05) is 6.07 Å². The monoisotopic (exact) mass is 657 g/mol. The minimum absolute atomic E-state index is 0.0925. The highest BCUT2D eigenvalue weighted by atomic mass is 16.5. The Morgan fingerprint density at radius 1 is 0.958 bits per heavy atom. The van der Waals surface area contributed by atoms with Crippen LogP contribution < -0.4 is 10.2 Å². The van der Waals surface area contributed by atoms with Gasteiger partial charge in [0.15, 0.2) is 0 Å². The van der Waals surface area contributed by atoms with Crippen LogP contribution in [0.4, 0.5) is 11.5 Å². The van der Waals surface area contributed by atoms with Gasteiger partial charge in [-0.15, -0.1) is 0 Å². The smallest absolute Gasteiger partial charge is 0.305 e. The van der Waals surface area contributed by atoms with E-state index in [1.165, 1.54) is 34.5 Å². The lowest BCUT2D eigenvalue weighted by molar-refractivity contribution is -0.144. The highest BCUT2D eigenvalue weighted by Crippen LogP contribution is 2.39. The van der Waals surface area contributed by atoms with Crippen molar-refractivity contribution in [3.8, 4) is 11.3 Å². The normalized spacial score (nSPS) is 22.0. The van der Waals surface area contributed by atoms with E-state index < -0.39 is 0 Å². The summed E-state index contributed by atoms with van der Waals surface area (Å²) in [6, 6.07) is 13.6. The number of rotatable bonds is 13. The average Bonchev–Trinajstić information content (AvgIpc) is 3.82. The maximum Gasteiger partial charge on any atom is 0.305 e. The predicted molar refractivity (Wildman–Crippen MR) is 187 cm³/mol. The van der Waals surface area contributed by atoms with Crippen LogP contribution >= 0.6 is 0 Å². The number of anilines is 2. The summed E-state index contributed by atoms with van der Waals surface area (Å²) in [5.41, 5.74) is 7.33. The number of ether oxygens (including phenoxy) is 3. The first-order valence-electron chi connectivity index (χ1n) is 18.1. The Morgan fingerprint density at radius 2 is 1.81 bits per heavy atom. The number of pyridine rings is 1. The van der Waals surface area contributed by atoms with Gasteiger partial charge in [0.2, 0.25) is 0 Å². The van der Waals surface area contributed by atoms with Gasteiger partial charge in [-0.25, -0.2) is 4.98 Å². The van der Waals surface area contributed by atoms with Gasteiger partial charge in [0.05, 0.1) is 32.1 Å². The third-order valence-electron chi connectivity index (χ3n) is 10.4. The first-order chi connectivity index (χ1) is 23.7. The second-order valence-electron chi connectivity index (χ2n) is 13.7. The molecule has 48 heavy (non-hydrogen) atoms. The van der Waals surface area contributed by atoms with E-state index in [2.05, 4.69) is 66.6 Å². The zero-order valence-corrected chi connectivity index (χ0v) is 28.2. The number of hydrogen-bond donors (Lipinski definition) is 2. The molecular formula is C37H51N7O4. The number of carbonyl (C=O) groups excluding carboxylic acids is 1. The molecule has 7 rings (SSSR count). The number of aryl methyl sites for hydroxylation is 2. The minimum Gasteiger partial charge on any atom is -0.464 e. The molecule has 3 saturated heterocycles. The maximum absolute atomic E-state index is 12.6. The highest BCUT2D eigenvalue weighted by Gasteiger charge is 2.34. The minimum atomic E-state index is -0.0925. The number of fused-ring (bicyclic) bond motifs is 1. The second kappa shape index (κ2) is 16.3. The topological polar surface area (TPSA) is 108 Å². The molecule has 0 unspecified atom stereocenters. The number of aromatic nitrogens is 3. The third kappa shape index (κ3) is 8.55. The molecule has 2 atom stereocenters. The lowest BCUT2D eigenvalue weighted by atomic mass is 9.84. The molecule has 6 heterocycles. The van der Waals surface area contributed by atoms with E-state index in [1.54, 1.807) is 0 Å². The third-order valence-corrected chi connectivity index (χ3v) is 10.4. The molecule has 0 spiro atoms. The van der Waals surface area contributed by atoms with Crippen LogP contribution in [0.5, 0.6) is 0 Å². The lowest BCUT2D eigenvalue weighted by Crippen LogP contribution is -2.38. The van der Waals surface area contributed by atoms with Crippen LogP contribution in [-0.2, 0) is 31.8 Å². The van der Waals surface area contributed by atoms with Crippen molar-refractivity contribution in [3.05, 3.63) is 59.4 Å². The van der Waals surface area contributed by atoms with Gasteiger partial charge in [0.25, 0.3) is 0 Å². The lowest BCUT2D eigenvalue weighted by Gasteiger charge is -2.30. The number of carbonyl (C=O) groups is 1. The number of aromatic amines is 1. The number of nitrogens with zero attached hydrogens (tertiary/aromatic N) is 5. The largest absolute Gasteiger partial charge is 0.464 e. The van der Waals surface area contributed by atoms with Crippen molar-refractivity contribution in [2.24, 2.45) is 5.92 Å². The fraction of sp³-hybridized carbons (Fsp3) is 0.595. The van der Waals surface area contributed by atoms with Gasteiger partial charge in [0, 0.05) is 87.8 Å². The molecule has 4 aliphatic heterocycles. The molecular weight excluding hydrogens is 606 g/mol. The summed E-state index contributed by atoms with van der Waals surface area (Å²) in [4.78, 5) is 24.9. The van der Waals surface area contributed by atoms with Crippen molar-refractivity contribution < 1.29 is 19.0 Å². The molecule has 11 heteroatoms. The van der Waals surface area contributed by atoms with Crippen molar-refractivity contribution >= 4 is 17.5 Å². The van der Waals surface area contributed by atoms with E-state index in [1.807, 2.05) is 6.20 Å². The van der Waals surface area contributed by atoms with Crippen molar-refractivity contribution in [2.75, 3.05) is 102 Å². The van der Waals surface area contributed by atoms with Crippen molar-refractivity contribution in [3.63, 3.8) is 0 Å². The Labute approximate surface area is 284 Å². The molecule has 0 amide bonds. The summed E-state index contributed by atoms with van der Waals surface area (Å²) >= 11 is 0. The standard InChI is InChI=1S/C37H51N7O4/c45-36(48-22-15-42-13-18-46-19-14-42)4-2-12-43-26-29(6-8-32-7-5-28-3-1-10-38-37(28)40-32)34(27-43)30-23-31(35-9-11-39-41-35)25-33(24-30)44-16-20-47-21-17-44/h5,7,9,11,23-25,29,34H,1-4,6,8,10,12-22,26-27H2,(H,38,40)(H,39,41)/t29-,34-/m0/s1. The number of esters is 1. The summed E-state index contributed by atoms with van der Waals surface area (Å²) in [6.45, 7) is 11.8. The average molecular weight is 658 g/mol. The number of hydrogen-bond acceptors (Lipinski definition) is 10. The zero-order valence-electron chi connectivity index (χ0n) is 28.2. The van der Waals surface area contributed by atoms with E-state index >= 15 is 0 Å². The van der Waals surface area contributed by atoms with Gasteiger partial charge in [-0.05, 0) is 86.0 Å². The van der Waals surface area contributed by atoms with Gasteiger partial charge >= 0.3 is 5.97 Å². The van der Waals surface area contributed by atoms with Gasteiger partial charge < -0.3 is 29.3 Å². The Morgan fingerprint density at radius 3 is 2.65 bits per heavy atom. The molecule has 3 aromatic rings. The summed E-state index contributed by atoms with van der Waals surface area (Å²) in [6.07, 6.45) is 7.38. The van der Waals surface area contributed by atoms with E-state index in [0.29, 0.717) is 24.9 Å². The molecule has 0 bridgehead atoms. The van der Waals surface area contributed by atoms with E-state index in [0.717, 1.165) is 123 Å². The zero-order chi connectivity index (χ0) is 32.5. The van der Waals surface area contributed by atoms with Gasteiger partial charge in [0.1, 0.15) is 12.4 Å². The Hall–Kier alpha value is -3.51. The maximum atomic E-state index is 12.6. The highest BCUT2D eigenvalue weighted by molar-refractivity contribution is 5.69. The summed E-state index contributed by atoms with van der Waals surface area (Å²) in [7, 11) is 0.